The number of hydrogen-bond donors (Lipinski definition) is 0. The van der Waals surface area contributed by atoms with Gasteiger partial charge in [-0.05, 0) is 79.0 Å². The largest absolute Gasteiger partial charge is 0.208 e. The second kappa shape index (κ2) is 10.6. The van der Waals surface area contributed by atoms with E-state index in [2.05, 4.69) is 74.5 Å². The highest BCUT2D eigenvalue weighted by Crippen LogP contribution is 2.54. The molecule has 2 saturated carbocycles. The number of benzene rings is 4. The molecule has 44 heavy (non-hydrogen) atoms. The predicted octanol–water partition coefficient (Wildman–Crippen LogP) is 10.2. The molecule has 2 bridgehead atoms. The summed E-state index contributed by atoms with van der Waals surface area (Å²) in [6.45, 7) is 4.89. The maximum Gasteiger partial charge on any atom is 0.164 e. The molecular weight excluding hydrogens is 557 g/mol. The minimum atomic E-state index is 0.297. The van der Waals surface area contributed by atoms with Gasteiger partial charge in [0.2, 0.25) is 0 Å². The molecule has 4 nitrogen and oxygen atoms in total. The summed E-state index contributed by atoms with van der Waals surface area (Å²) < 4.78 is 2.27. The van der Waals surface area contributed by atoms with Crippen LogP contribution < -0.4 is 0 Å². The highest BCUT2D eigenvalue weighted by atomic mass is 32.1. The lowest BCUT2D eigenvalue weighted by atomic mass is 9.54. The van der Waals surface area contributed by atoms with Gasteiger partial charge < -0.3 is 0 Å². The van der Waals surface area contributed by atoms with Crippen LogP contribution in [0, 0.1) is 29.1 Å². The van der Waals surface area contributed by atoms with E-state index < -0.39 is 0 Å². The molecule has 2 unspecified atom stereocenters. The molecule has 2 aliphatic carbocycles. The number of thiophene rings is 1. The van der Waals surface area contributed by atoms with Gasteiger partial charge >= 0.3 is 0 Å². The number of fused-ring (bicyclic) bond motifs is 5. The van der Waals surface area contributed by atoms with Gasteiger partial charge in [0.1, 0.15) is 0 Å². The molecule has 8 rings (SSSR count). The zero-order valence-corrected chi connectivity index (χ0v) is 25.9. The Morgan fingerprint density at radius 1 is 0.659 bits per heavy atom. The van der Waals surface area contributed by atoms with Crippen LogP contribution in [0.4, 0.5) is 0 Å². The lowest BCUT2D eigenvalue weighted by molar-refractivity contribution is 0.0780. The van der Waals surface area contributed by atoms with Crippen LogP contribution in [0.2, 0.25) is 0 Å². The minimum Gasteiger partial charge on any atom is -0.208 e. The van der Waals surface area contributed by atoms with Gasteiger partial charge in [-0.15, -0.1) is 11.3 Å². The average Bonchev–Trinajstić information content (AvgIpc) is 3.41. The molecule has 2 aliphatic rings. The monoisotopic (exact) mass is 590 g/mol. The van der Waals surface area contributed by atoms with Gasteiger partial charge in [-0.25, -0.2) is 15.0 Å². The van der Waals surface area contributed by atoms with Crippen LogP contribution in [-0.2, 0) is 5.41 Å². The summed E-state index contributed by atoms with van der Waals surface area (Å²) in [6.07, 6.45) is 6.67. The van der Waals surface area contributed by atoms with E-state index in [-0.39, 0.29) is 0 Å². The van der Waals surface area contributed by atoms with Crippen LogP contribution in [0.1, 0.15) is 57.1 Å². The number of nitrogens with zero attached hydrogens (tertiary/aromatic N) is 4. The van der Waals surface area contributed by atoms with Crippen LogP contribution in [0.25, 0.3) is 54.3 Å². The van der Waals surface area contributed by atoms with E-state index in [9.17, 15) is 5.26 Å². The Morgan fingerprint density at radius 2 is 1.23 bits per heavy atom. The summed E-state index contributed by atoms with van der Waals surface area (Å²) in [7, 11) is 0. The van der Waals surface area contributed by atoms with Gasteiger partial charge in [-0.3, -0.25) is 0 Å². The summed E-state index contributed by atoms with van der Waals surface area (Å²) in [5, 5.41) is 11.7. The first-order valence-electron chi connectivity index (χ1n) is 15.8. The lowest BCUT2D eigenvalue weighted by Gasteiger charge is -2.50. The van der Waals surface area contributed by atoms with Crippen molar-refractivity contribution in [2.75, 3.05) is 0 Å². The second-order valence-corrected chi connectivity index (χ2v) is 14.4. The van der Waals surface area contributed by atoms with Crippen molar-refractivity contribution in [2.24, 2.45) is 17.8 Å². The molecule has 4 aromatic carbocycles. The lowest BCUT2D eigenvalue weighted by Crippen LogP contribution is -2.42. The summed E-state index contributed by atoms with van der Waals surface area (Å²) in [6, 6.07) is 33.9. The first-order chi connectivity index (χ1) is 21.5. The fourth-order valence-corrected chi connectivity index (χ4v) is 9.55. The molecule has 2 heterocycles. The van der Waals surface area contributed by atoms with Crippen LogP contribution in [-0.4, -0.2) is 15.0 Å². The van der Waals surface area contributed by atoms with E-state index in [0.29, 0.717) is 28.5 Å². The Hall–Kier alpha value is -4.40. The molecule has 0 spiro atoms. The van der Waals surface area contributed by atoms with Crippen molar-refractivity contribution in [2.45, 2.75) is 51.4 Å². The molecule has 0 aliphatic heterocycles. The standard InChI is InChI=1S/C39H34N4S/c1-24-16-27-17-25(2)21-39(20-24,22-27)31-12-9-29(10-13-31)37-41-36(28-6-4-3-5-7-28)42-38(43-37)30-11-15-33-32-14-8-26(23-40)18-34(32)44-35(33)19-30/h3-15,18-19,24-25,27H,16-17,20-22H2,1-2H3/t24-,25+,27?,39?. The zero-order chi connectivity index (χ0) is 29.8. The van der Waals surface area contributed by atoms with Crippen LogP contribution >= 0.6 is 11.3 Å². The fourth-order valence-electron chi connectivity index (χ4n) is 8.37. The maximum absolute atomic E-state index is 9.38. The summed E-state index contributed by atoms with van der Waals surface area (Å²) in [5.41, 5.74) is 5.41. The van der Waals surface area contributed by atoms with Crippen molar-refractivity contribution in [1.82, 2.24) is 15.0 Å². The zero-order valence-electron chi connectivity index (χ0n) is 25.1. The minimum absolute atomic E-state index is 0.297. The number of aromatic nitrogens is 3. The Balaban J connectivity index is 1.21. The molecule has 5 heteroatoms. The first-order valence-corrected chi connectivity index (χ1v) is 16.6. The quantitative estimate of drug-likeness (QED) is 0.205. The van der Waals surface area contributed by atoms with E-state index in [1.54, 1.807) is 11.3 Å². The molecule has 4 atom stereocenters. The molecular formula is C39H34N4S. The Labute approximate surface area is 262 Å². The van der Waals surface area contributed by atoms with Crippen LogP contribution in [0.5, 0.6) is 0 Å². The molecule has 2 aromatic heterocycles. The summed E-state index contributed by atoms with van der Waals surface area (Å²) >= 11 is 1.70. The molecule has 0 saturated heterocycles. The molecule has 6 aromatic rings. The SMILES string of the molecule is C[C@@H]1CC2C[C@H](C)CC(c3ccc(-c4nc(-c5ccccc5)nc(-c5ccc6c(c5)sc5cc(C#N)ccc56)n4)cc3)(C2)C1. The van der Waals surface area contributed by atoms with Gasteiger partial charge in [-0.1, -0.05) is 86.6 Å². The average molecular weight is 591 g/mol. The van der Waals surface area contributed by atoms with E-state index in [0.717, 1.165) is 43.8 Å². The highest BCUT2D eigenvalue weighted by molar-refractivity contribution is 7.25. The Bertz CT molecular complexity index is 2040. The predicted molar refractivity (Wildman–Crippen MR) is 180 cm³/mol. The fraction of sp³-hybridized carbons (Fsp3) is 0.282. The van der Waals surface area contributed by atoms with E-state index >= 15 is 0 Å². The van der Waals surface area contributed by atoms with Crippen LogP contribution in [0.3, 0.4) is 0 Å². The maximum atomic E-state index is 9.38. The molecule has 0 amide bonds. The molecule has 0 N–H and O–H groups in total. The van der Waals surface area contributed by atoms with Gasteiger partial charge in [0, 0.05) is 36.9 Å². The number of rotatable bonds is 4. The van der Waals surface area contributed by atoms with Gasteiger partial charge in [-0.2, -0.15) is 5.26 Å². The van der Waals surface area contributed by atoms with E-state index in [1.165, 1.54) is 48.4 Å². The third-order valence-corrected chi connectivity index (χ3v) is 11.0. The first kappa shape index (κ1) is 27.2. The van der Waals surface area contributed by atoms with Gasteiger partial charge in [0.15, 0.2) is 17.5 Å². The molecule has 0 radical (unpaired) electrons. The van der Waals surface area contributed by atoms with Crippen molar-refractivity contribution in [3.8, 4) is 40.2 Å². The molecule has 216 valence electrons. The van der Waals surface area contributed by atoms with Gasteiger partial charge in [0.25, 0.3) is 0 Å². The smallest absolute Gasteiger partial charge is 0.164 e. The third kappa shape index (κ3) is 4.78. The topological polar surface area (TPSA) is 62.5 Å². The highest BCUT2D eigenvalue weighted by Gasteiger charge is 2.45. The van der Waals surface area contributed by atoms with E-state index in [1.807, 2.05) is 36.4 Å². The third-order valence-electron chi connectivity index (χ3n) is 9.91. The summed E-state index contributed by atoms with van der Waals surface area (Å²) in [4.78, 5) is 15.0. The Morgan fingerprint density at radius 3 is 1.89 bits per heavy atom. The van der Waals surface area contributed by atoms with Crippen molar-refractivity contribution in [3.05, 3.63) is 102 Å². The molecule has 2 fully saturated rings. The van der Waals surface area contributed by atoms with Crippen molar-refractivity contribution in [3.63, 3.8) is 0 Å². The van der Waals surface area contributed by atoms with Crippen LogP contribution in [0.15, 0.2) is 91.0 Å². The van der Waals surface area contributed by atoms with E-state index in [4.69, 9.17) is 15.0 Å². The number of hydrogen-bond acceptors (Lipinski definition) is 5. The van der Waals surface area contributed by atoms with Crippen molar-refractivity contribution in [1.29, 1.82) is 5.26 Å². The normalized spacial score (nSPS) is 23.1. The van der Waals surface area contributed by atoms with Gasteiger partial charge in [0.05, 0.1) is 11.6 Å². The Kier molecular flexibility index (Phi) is 6.57. The van der Waals surface area contributed by atoms with Crippen molar-refractivity contribution >= 4 is 31.5 Å². The number of nitriles is 1. The van der Waals surface area contributed by atoms with Crippen molar-refractivity contribution < 1.29 is 0 Å². The summed E-state index contributed by atoms with van der Waals surface area (Å²) in [5.74, 6) is 4.46. The second-order valence-electron chi connectivity index (χ2n) is 13.3.